The summed E-state index contributed by atoms with van der Waals surface area (Å²) in [6, 6.07) is 5.58. The van der Waals surface area contributed by atoms with Crippen LogP contribution >= 0.6 is 0 Å². The van der Waals surface area contributed by atoms with Gasteiger partial charge in [0.25, 0.3) is 0 Å². The summed E-state index contributed by atoms with van der Waals surface area (Å²) in [7, 11) is 2.28. The van der Waals surface area contributed by atoms with Crippen molar-refractivity contribution in [3.8, 4) is 0 Å². The summed E-state index contributed by atoms with van der Waals surface area (Å²) < 4.78 is 13.0. The van der Waals surface area contributed by atoms with Gasteiger partial charge in [-0.2, -0.15) is 0 Å². The molecular weight excluding hydrogens is 265 g/mol. The fraction of sp³-hybridized carbons (Fsp3) is 0.706. The van der Waals surface area contributed by atoms with E-state index >= 15 is 0 Å². The molecule has 4 heteroatoms. The monoisotopic (exact) mass is 291 g/mol. The molecule has 2 aliphatic heterocycles. The van der Waals surface area contributed by atoms with Crippen LogP contribution in [0.2, 0.25) is 0 Å². The van der Waals surface area contributed by atoms with Gasteiger partial charge < -0.3 is 10.2 Å². The van der Waals surface area contributed by atoms with Crippen molar-refractivity contribution in [3.63, 3.8) is 0 Å². The van der Waals surface area contributed by atoms with Gasteiger partial charge in [-0.3, -0.25) is 4.98 Å². The molecule has 3 heterocycles. The fourth-order valence-electron chi connectivity index (χ4n) is 4.04. The molecule has 2 aliphatic rings. The van der Waals surface area contributed by atoms with Gasteiger partial charge in [0.2, 0.25) is 0 Å². The van der Waals surface area contributed by atoms with E-state index in [0.29, 0.717) is 6.04 Å². The SMILES string of the molecule is CCC(NC1CC2CCCC(C1)N2C)c1ccc(F)cn1. The topological polar surface area (TPSA) is 28.2 Å². The van der Waals surface area contributed by atoms with E-state index in [9.17, 15) is 4.39 Å². The maximum atomic E-state index is 13.0. The van der Waals surface area contributed by atoms with Crippen molar-refractivity contribution in [2.45, 2.75) is 69.6 Å². The summed E-state index contributed by atoms with van der Waals surface area (Å²) >= 11 is 0. The number of piperidine rings is 2. The summed E-state index contributed by atoms with van der Waals surface area (Å²) in [4.78, 5) is 6.84. The Bertz CT molecular complexity index is 448. The molecular formula is C17H26FN3. The van der Waals surface area contributed by atoms with E-state index in [0.717, 1.165) is 24.2 Å². The number of nitrogens with zero attached hydrogens (tertiary/aromatic N) is 2. The van der Waals surface area contributed by atoms with Crippen LogP contribution in [-0.2, 0) is 0 Å². The first-order valence-corrected chi connectivity index (χ1v) is 8.26. The standard InChI is InChI=1S/C17H26FN3/c1-3-16(17-8-7-12(18)11-19-17)20-13-9-14-5-4-6-15(10-13)21(14)2/h7-8,11,13-16,20H,3-6,9-10H2,1-2H3. The van der Waals surface area contributed by atoms with Gasteiger partial charge in [-0.25, -0.2) is 4.39 Å². The van der Waals surface area contributed by atoms with Gasteiger partial charge in [-0.05, 0) is 51.3 Å². The van der Waals surface area contributed by atoms with Gasteiger partial charge in [-0.1, -0.05) is 13.3 Å². The zero-order valence-corrected chi connectivity index (χ0v) is 13.1. The number of nitrogens with one attached hydrogen (secondary N) is 1. The summed E-state index contributed by atoms with van der Waals surface area (Å²) in [6.07, 6.45) is 8.80. The number of aromatic nitrogens is 1. The molecule has 3 rings (SSSR count). The summed E-state index contributed by atoms with van der Waals surface area (Å²) in [5.41, 5.74) is 0.961. The van der Waals surface area contributed by atoms with E-state index in [1.54, 1.807) is 0 Å². The van der Waals surface area contributed by atoms with Crippen LogP contribution in [0.4, 0.5) is 4.39 Å². The Labute approximate surface area is 126 Å². The molecule has 3 nitrogen and oxygen atoms in total. The van der Waals surface area contributed by atoms with E-state index in [1.165, 1.54) is 44.4 Å². The zero-order valence-electron chi connectivity index (χ0n) is 13.1. The minimum atomic E-state index is -0.262. The van der Waals surface area contributed by atoms with Crippen LogP contribution in [0.15, 0.2) is 18.3 Å². The molecule has 0 amide bonds. The van der Waals surface area contributed by atoms with Gasteiger partial charge in [0, 0.05) is 24.2 Å². The van der Waals surface area contributed by atoms with Crippen LogP contribution in [0.25, 0.3) is 0 Å². The fourth-order valence-corrected chi connectivity index (χ4v) is 4.04. The van der Waals surface area contributed by atoms with Gasteiger partial charge in [0.05, 0.1) is 11.9 Å². The average Bonchev–Trinajstić information content (AvgIpc) is 2.46. The zero-order chi connectivity index (χ0) is 14.8. The number of halogens is 1. The van der Waals surface area contributed by atoms with Crippen molar-refractivity contribution in [2.75, 3.05) is 7.05 Å². The van der Waals surface area contributed by atoms with Crippen molar-refractivity contribution in [3.05, 3.63) is 29.8 Å². The molecule has 2 fully saturated rings. The van der Waals surface area contributed by atoms with Crippen LogP contribution in [-0.4, -0.2) is 35.1 Å². The first-order valence-electron chi connectivity index (χ1n) is 8.26. The van der Waals surface area contributed by atoms with Gasteiger partial charge >= 0.3 is 0 Å². The first kappa shape index (κ1) is 14.9. The second-order valence-corrected chi connectivity index (χ2v) is 6.60. The van der Waals surface area contributed by atoms with Crippen LogP contribution in [0.3, 0.4) is 0 Å². The Morgan fingerprint density at radius 1 is 1.33 bits per heavy atom. The van der Waals surface area contributed by atoms with Crippen LogP contribution in [0.5, 0.6) is 0 Å². The number of hydrogen-bond acceptors (Lipinski definition) is 3. The molecule has 2 saturated heterocycles. The Morgan fingerprint density at radius 3 is 2.62 bits per heavy atom. The van der Waals surface area contributed by atoms with Crippen molar-refractivity contribution >= 4 is 0 Å². The Morgan fingerprint density at radius 2 is 2.05 bits per heavy atom. The Hall–Kier alpha value is -1.00. The second-order valence-electron chi connectivity index (χ2n) is 6.60. The molecule has 0 spiro atoms. The van der Waals surface area contributed by atoms with Crippen molar-refractivity contribution in [1.29, 1.82) is 0 Å². The lowest BCUT2D eigenvalue weighted by Crippen LogP contribution is -2.54. The molecule has 0 radical (unpaired) electrons. The van der Waals surface area contributed by atoms with Crippen molar-refractivity contribution in [2.24, 2.45) is 0 Å². The lowest BCUT2D eigenvalue weighted by atomic mass is 9.82. The number of hydrogen-bond donors (Lipinski definition) is 1. The molecule has 3 unspecified atom stereocenters. The Balaban J connectivity index is 1.66. The lowest BCUT2D eigenvalue weighted by molar-refractivity contribution is 0.0454. The quantitative estimate of drug-likeness (QED) is 0.923. The minimum absolute atomic E-state index is 0.236. The number of pyridine rings is 1. The first-order chi connectivity index (χ1) is 10.2. The second kappa shape index (κ2) is 6.41. The summed E-state index contributed by atoms with van der Waals surface area (Å²) in [5, 5.41) is 3.78. The maximum Gasteiger partial charge on any atom is 0.141 e. The highest BCUT2D eigenvalue weighted by Crippen LogP contribution is 2.33. The molecule has 0 aliphatic carbocycles. The normalized spacial score (nSPS) is 31.1. The van der Waals surface area contributed by atoms with Gasteiger partial charge in [0.1, 0.15) is 5.82 Å². The third kappa shape index (κ3) is 3.27. The van der Waals surface area contributed by atoms with Crippen LogP contribution < -0.4 is 5.32 Å². The summed E-state index contributed by atoms with van der Waals surface area (Å²) in [6.45, 7) is 2.17. The van der Waals surface area contributed by atoms with E-state index in [2.05, 4.69) is 29.2 Å². The lowest BCUT2D eigenvalue weighted by Gasteiger charge is -2.47. The molecule has 1 N–H and O–H groups in total. The molecule has 21 heavy (non-hydrogen) atoms. The molecule has 1 aromatic heterocycles. The predicted molar refractivity (Wildman–Crippen MR) is 82.6 cm³/mol. The van der Waals surface area contributed by atoms with E-state index in [1.807, 2.05) is 6.07 Å². The third-order valence-corrected chi connectivity index (χ3v) is 5.29. The maximum absolute atomic E-state index is 13.0. The van der Waals surface area contributed by atoms with Crippen LogP contribution in [0.1, 0.15) is 57.2 Å². The van der Waals surface area contributed by atoms with Crippen molar-refractivity contribution in [1.82, 2.24) is 15.2 Å². The number of rotatable bonds is 4. The average molecular weight is 291 g/mol. The number of fused-ring (bicyclic) bond motifs is 2. The van der Waals surface area contributed by atoms with E-state index < -0.39 is 0 Å². The highest BCUT2D eigenvalue weighted by Gasteiger charge is 2.36. The van der Waals surface area contributed by atoms with Gasteiger partial charge in [0.15, 0.2) is 0 Å². The third-order valence-electron chi connectivity index (χ3n) is 5.29. The smallest absolute Gasteiger partial charge is 0.141 e. The van der Waals surface area contributed by atoms with E-state index in [-0.39, 0.29) is 11.9 Å². The highest BCUT2D eigenvalue weighted by atomic mass is 19.1. The molecule has 0 aromatic carbocycles. The Kier molecular flexibility index (Phi) is 4.55. The minimum Gasteiger partial charge on any atom is -0.306 e. The summed E-state index contributed by atoms with van der Waals surface area (Å²) in [5.74, 6) is -0.262. The molecule has 3 atom stereocenters. The molecule has 0 saturated carbocycles. The largest absolute Gasteiger partial charge is 0.306 e. The molecule has 1 aromatic rings. The molecule has 116 valence electrons. The van der Waals surface area contributed by atoms with Gasteiger partial charge in [-0.15, -0.1) is 0 Å². The molecule has 2 bridgehead atoms. The van der Waals surface area contributed by atoms with E-state index in [4.69, 9.17) is 0 Å². The van der Waals surface area contributed by atoms with Crippen molar-refractivity contribution < 1.29 is 4.39 Å². The predicted octanol–water partition coefficient (Wildman–Crippen LogP) is 3.28. The highest BCUT2D eigenvalue weighted by molar-refractivity contribution is 5.10. The van der Waals surface area contributed by atoms with Crippen LogP contribution in [0, 0.1) is 5.82 Å².